The molecule has 64 valence electrons. The molecule has 1 unspecified atom stereocenters. The highest BCUT2D eigenvalue weighted by molar-refractivity contribution is 5.61. The predicted octanol–water partition coefficient (Wildman–Crippen LogP) is 2.27. The molecule has 1 aromatic carbocycles. The van der Waals surface area contributed by atoms with Gasteiger partial charge in [0.15, 0.2) is 0 Å². The van der Waals surface area contributed by atoms with E-state index in [1.54, 1.807) is 6.92 Å². The molecule has 1 rings (SSSR count). The van der Waals surface area contributed by atoms with E-state index in [-0.39, 0.29) is 5.56 Å². The highest BCUT2D eigenvalue weighted by Crippen LogP contribution is 2.17. The van der Waals surface area contributed by atoms with Crippen molar-refractivity contribution in [3.05, 3.63) is 35.4 Å². The Hall–Kier alpha value is -1.25. The molecule has 0 saturated carbocycles. The molecule has 0 radical (unpaired) electrons. The molecule has 0 amide bonds. The zero-order valence-corrected chi connectivity index (χ0v) is 6.55. The molecule has 1 aromatic rings. The molecule has 1 atom stereocenters. The van der Waals surface area contributed by atoms with Gasteiger partial charge in [-0.3, -0.25) is 0 Å². The molecule has 0 heterocycles. The summed E-state index contributed by atoms with van der Waals surface area (Å²) in [6.07, 6.45) is 0.621. The van der Waals surface area contributed by atoms with Crippen LogP contribution in [0, 0.1) is 11.6 Å². The molecule has 0 aromatic heterocycles. The second-order valence-corrected chi connectivity index (χ2v) is 2.59. The zero-order chi connectivity index (χ0) is 9.14. The van der Waals surface area contributed by atoms with E-state index >= 15 is 0 Å². The highest BCUT2D eigenvalue weighted by Gasteiger charge is 2.09. The Balaban J connectivity index is 3.09. The Morgan fingerprint density at radius 2 is 2.08 bits per heavy atom. The van der Waals surface area contributed by atoms with E-state index in [9.17, 15) is 13.6 Å². The van der Waals surface area contributed by atoms with Crippen molar-refractivity contribution >= 4 is 6.29 Å². The Morgan fingerprint density at radius 1 is 1.42 bits per heavy atom. The van der Waals surface area contributed by atoms with Crippen molar-refractivity contribution in [1.82, 2.24) is 0 Å². The van der Waals surface area contributed by atoms with E-state index in [0.717, 1.165) is 12.1 Å². The van der Waals surface area contributed by atoms with Crippen LogP contribution in [0.5, 0.6) is 0 Å². The van der Waals surface area contributed by atoms with E-state index in [1.807, 2.05) is 0 Å². The minimum Gasteiger partial charge on any atom is -0.303 e. The fourth-order valence-electron chi connectivity index (χ4n) is 0.944. The molecule has 0 spiro atoms. The van der Waals surface area contributed by atoms with Crippen molar-refractivity contribution in [2.24, 2.45) is 0 Å². The number of benzene rings is 1. The van der Waals surface area contributed by atoms with Crippen molar-refractivity contribution in [3.8, 4) is 0 Å². The van der Waals surface area contributed by atoms with Gasteiger partial charge in [0.05, 0.1) is 0 Å². The molecule has 1 nitrogen and oxygen atoms in total. The van der Waals surface area contributed by atoms with Gasteiger partial charge in [0.2, 0.25) is 0 Å². The molecule has 0 aliphatic carbocycles. The summed E-state index contributed by atoms with van der Waals surface area (Å²) in [6, 6.07) is 3.19. The van der Waals surface area contributed by atoms with Gasteiger partial charge < -0.3 is 4.79 Å². The maximum atomic E-state index is 12.9. The van der Waals surface area contributed by atoms with Gasteiger partial charge in [0.25, 0.3) is 0 Å². The second-order valence-electron chi connectivity index (χ2n) is 2.59. The minimum absolute atomic E-state index is 0.228. The summed E-state index contributed by atoms with van der Waals surface area (Å²) in [6.45, 7) is 1.56. The first-order chi connectivity index (χ1) is 5.65. The number of carbonyl (C=O) groups is 1. The first kappa shape index (κ1) is 8.84. The summed E-state index contributed by atoms with van der Waals surface area (Å²) in [5, 5.41) is 0. The Labute approximate surface area is 69.0 Å². The van der Waals surface area contributed by atoms with Crippen molar-refractivity contribution in [1.29, 1.82) is 0 Å². The summed E-state index contributed by atoms with van der Waals surface area (Å²) in [5.74, 6) is -1.82. The van der Waals surface area contributed by atoms with Crippen LogP contribution in [0.1, 0.15) is 18.4 Å². The lowest BCUT2D eigenvalue weighted by Gasteiger charge is -2.04. The Kier molecular flexibility index (Phi) is 2.53. The van der Waals surface area contributed by atoms with Crippen LogP contribution in [0.25, 0.3) is 0 Å². The molecule has 3 heteroatoms. The van der Waals surface area contributed by atoms with Gasteiger partial charge in [-0.2, -0.15) is 0 Å². The van der Waals surface area contributed by atoms with Crippen LogP contribution >= 0.6 is 0 Å². The second kappa shape index (κ2) is 3.43. The lowest BCUT2D eigenvalue weighted by molar-refractivity contribution is -0.108. The average molecular weight is 170 g/mol. The normalized spacial score (nSPS) is 12.6. The third kappa shape index (κ3) is 1.67. The minimum atomic E-state index is -0.672. The molecule has 12 heavy (non-hydrogen) atoms. The number of hydrogen-bond acceptors (Lipinski definition) is 1. The van der Waals surface area contributed by atoms with Crippen LogP contribution in [0.4, 0.5) is 8.78 Å². The SMILES string of the molecule is CC(C=O)c1ccc(F)cc1F. The Morgan fingerprint density at radius 3 is 2.58 bits per heavy atom. The van der Waals surface area contributed by atoms with Gasteiger partial charge in [-0.05, 0) is 11.6 Å². The van der Waals surface area contributed by atoms with Gasteiger partial charge in [-0.25, -0.2) is 8.78 Å². The molecular formula is C9H8F2O. The zero-order valence-electron chi connectivity index (χ0n) is 6.55. The summed E-state index contributed by atoms with van der Waals surface area (Å²) in [4.78, 5) is 10.3. The van der Waals surface area contributed by atoms with E-state index in [4.69, 9.17) is 0 Å². The van der Waals surface area contributed by atoms with Gasteiger partial charge in [0, 0.05) is 12.0 Å². The summed E-state index contributed by atoms with van der Waals surface area (Å²) in [7, 11) is 0. The van der Waals surface area contributed by atoms with Crippen LogP contribution in [0.2, 0.25) is 0 Å². The smallest absolute Gasteiger partial charge is 0.130 e. The van der Waals surface area contributed by atoms with Crippen LogP contribution in [0.15, 0.2) is 18.2 Å². The first-order valence-corrected chi connectivity index (χ1v) is 3.55. The maximum absolute atomic E-state index is 12.9. The Bertz CT molecular complexity index is 297. The van der Waals surface area contributed by atoms with Crippen molar-refractivity contribution in [2.75, 3.05) is 0 Å². The van der Waals surface area contributed by atoms with Crippen molar-refractivity contribution in [2.45, 2.75) is 12.8 Å². The summed E-state index contributed by atoms with van der Waals surface area (Å²) in [5.41, 5.74) is 0.228. The fraction of sp³-hybridized carbons (Fsp3) is 0.222. The summed E-state index contributed by atoms with van der Waals surface area (Å²) >= 11 is 0. The van der Waals surface area contributed by atoms with Crippen molar-refractivity contribution in [3.63, 3.8) is 0 Å². The standard InChI is InChI=1S/C9H8F2O/c1-6(5-12)8-3-2-7(10)4-9(8)11/h2-6H,1H3. The van der Waals surface area contributed by atoms with E-state index in [2.05, 4.69) is 0 Å². The average Bonchev–Trinajstić information content (AvgIpc) is 2.03. The van der Waals surface area contributed by atoms with Crippen LogP contribution in [-0.4, -0.2) is 6.29 Å². The molecule has 0 aliphatic rings. The molecule has 0 saturated heterocycles. The van der Waals surface area contributed by atoms with Gasteiger partial charge in [-0.15, -0.1) is 0 Å². The lowest BCUT2D eigenvalue weighted by Crippen LogP contribution is -1.98. The topological polar surface area (TPSA) is 17.1 Å². The van der Waals surface area contributed by atoms with Crippen LogP contribution in [-0.2, 0) is 4.79 Å². The van der Waals surface area contributed by atoms with Gasteiger partial charge in [-0.1, -0.05) is 13.0 Å². The predicted molar refractivity (Wildman–Crippen MR) is 40.8 cm³/mol. The van der Waals surface area contributed by atoms with Gasteiger partial charge in [0.1, 0.15) is 17.9 Å². The molecular weight excluding hydrogens is 162 g/mol. The van der Waals surface area contributed by atoms with Gasteiger partial charge >= 0.3 is 0 Å². The third-order valence-electron chi connectivity index (χ3n) is 1.66. The largest absolute Gasteiger partial charge is 0.303 e. The monoisotopic (exact) mass is 170 g/mol. The number of aldehydes is 1. The highest BCUT2D eigenvalue weighted by atomic mass is 19.1. The van der Waals surface area contributed by atoms with Crippen LogP contribution in [0.3, 0.4) is 0 Å². The lowest BCUT2D eigenvalue weighted by atomic mass is 10.0. The number of hydrogen-bond donors (Lipinski definition) is 0. The number of rotatable bonds is 2. The number of halogens is 2. The quantitative estimate of drug-likeness (QED) is 0.622. The van der Waals surface area contributed by atoms with E-state index in [1.165, 1.54) is 6.07 Å². The van der Waals surface area contributed by atoms with Crippen LogP contribution < -0.4 is 0 Å². The first-order valence-electron chi connectivity index (χ1n) is 3.55. The molecule has 0 fully saturated rings. The maximum Gasteiger partial charge on any atom is 0.130 e. The molecule has 0 aliphatic heterocycles. The third-order valence-corrected chi connectivity index (χ3v) is 1.66. The number of carbonyl (C=O) groups excluding carboxylic acids is 1. The molecule has 0 N–H and O–H groups in total. The fourth-order valence-corrected chi connectivity index (χ4v) is 0.944. The molecule has 0 bridgehead atoms. The summed E-state index contributed by atoms with van der Waals surface area (Å²) < 4.78 is 25.3. The van der Waals surface area contributed by atoms with Crippen molar-refractivity contribution < 1.29 is 13.6 Å². The van der Waals surface area contributed by atoms with E-state index < -0.39 is 17.6 Å². The van der Waals surface area contributed by atoms with E-state index in [0.29, 0.717) is 6.29 Å².